The second-order valence-corrected chi connectivity index (χ2v) is 7.39. The molecule has 5 heteroatoms. The molecule has 26 heavy (non-hydrogen) atoms. The molecule has 0 spiro atoms. The number of rotatable bonds is 4. The second kappa shape index (κ2) is 8.39. The second-order valence-electron chi connectivity index (χ2n) is 7.39. The van der Waals surface area contributed by atoms with Crippen molar-refractivity contribution in [3.05, 3.63) is 52.8 Å². The third-order valence-corrected chi connectivity index (χ3v) is 5.30. The number of hydrogen-bond acceptors (Lipinski definition) is 2. The zero-order valence-corrected chi connectivity index (χ0v) is 16.5. The maximum Gasteiger partial charge on any atom is 0.193 e. The minimum atomic E-state index is 0.736. The molecule has 140 valence electrons. The lowest BCUT2D eigenvalue weighted by atomic mass is 10.0. The van der Waals surface area contributed by atoms with Crippen LogP contribution < -0.4 is 5.32 Å². The van der Waals surface area contributed by atoms with Crippen LogP contribution in [-0.4, -0.2) is 40.8 Å². The normalized spacial score (nSPS) is 18.2. The molecule has 1 N–H and O–H groups in total. The van der Waals surface area contributed by atoms with E-state index in [2.05, 4.69) is 64.9 Å². The van der Waals surface area contributed by atoms with E-state index in [-0.39, 0.29) is 0 Å². The highest BCUT2D eigenvalue weighted by Gasteiger charge is 2.20. The Bertz CT molecular complexity index is 747. The summed E-state index contributed by atoms with van der Waals surface area (Å²) >= 11 is 0. The van der Waals surface area contributed by atoms with Crippen molar-refractivity contribution in [3.8, 4) is 0 Å². The van der Waals surface area contributed by atoms with E-state index < -0.39 is 0 Å². The van der Waals surface area contributed by atoms with Crippen molar-refractivity contribution < 1.29 is 0 Å². The molecule has 0 amide bonds. The smallest absolute Gasteiger partial charge is 0.193 e. The number of piperidine rings is 1. The fourth-order valence-corrected chi connectivity index (χ4v) is 3.78. The molecule has 0 radical (unpaired) electrons. The van der Waals surface area contributed by atoms with E-state index >= 15 is 0 Å². The zero-order valence-electron chi connectivity index (χ0n) is 16.5. The predicted molar refractivity (Wildman–Crippen MR) is 107 cm³/mol. The molecule has 1 aromatic carbocycles. The third-order valence-electron chi connectivity index (χ3n) is 5.30. The Balaban J connectivity index is 1.68. The summed E-state index contributed by atoms with van der Waals surface area (Å²) in [5, 5.41) is 8.31. The largest absolute Gasteiger partial charge is 0.352 e. The summed E-state index contributed by atoms with van der Waals surface area (Å²) in [7, 11) is 1.88. The summed E-state index contributed by atoms with van der Waals surface area (Å²) in [6.07, 6.45) is 2.56. The molecule has 1 unspecified atom stereocenters. The Kier molecular flexibility index (Phi) is 5.96. The highest BCUT2D eigenvalue weighted by atomic mass is 15.3. The number of aryl methyl sites for hydroxylation is 1. The number of aliphatic imine (C=N–C) groups is 1. The van der Waals surface area contributed by atoms with Gasteiger partial charge in [0.25, 0.3) is 0 Å². The summed E-state index contributed by atoms with van der Waals surface area (Å²) < 4.78 is 2.10. The van der Waals surface area contributed by atoms with Crippen LogP contribution in [0.5, 0.6) is 0 Å². The quantitative estimate of drug-likeness (QED) is 0.677. The Morgan fingerprint density at radius 3 is 2.73 bits per heavy atom. The van der Waals surface area contributed by atoms with E-state index in [0.29, 0.717) is 0 Å². The SMILES string of the molecule is CN=C(NCc1c(C)nn(Cc2ccccc2)c1C)N1CCCC(C)C1. The first kappa shape index (κ1) is 18.5. The molecule has 2 aromatic rings. The highest BCUT2D eigenvalue weighted by Crippen LogP contribution is 2.17. The number of nitrogens with one attached hydrogen (secondary N) is 1. The summed E-state index contributed by atoms with van der Waals surface area (Å²) in [6.45, 7) is 10.3. The van der Waals surface area contributed by atoms with Crippen molar-refractivity contribution in [2.75, 3.05) is 20.1 Å². The topological polar surface area (TPSA) is 45.5 Å². The number of aromatic nitrogens is 2. The van der Waals surface area contributed by atoms with Crippen LogP contribution in [0.2, 0.25) is 0 Å². The predicted octanol–water partition coefficient (Wildman–Crippen LogP) is 3.36. The molecule has 1 fully saturated rings. The number of likely N-dealkylation sites (tertiary alicyclic amines) is 1. The van der Waals surface area contributed by atoms with Crippen molar-refractivity contribution in [1.29, 1.82) is 0 Å². The van der Waals surface area contributed by atoms with Gasteiger partial charge in [0, 0.05) is 37.9 Å². The fourth-order valence-electron chi connectivity index (χ4n) is 3.78. The molecule has 0 aliphatic carbocycles. The van der Waals surface area contributed by atoms with Crippen molar-refractivity contribution in [2.24, 2.45) is 10.9 Å². The lowest BCUT2D eigenvalue weighted by molar-refractivity contribution is 0.266. The van der Waals surface area contributed by atoms with Crippen molar-refractivity contribution in [2.45, 2.75) is 46.7 Å². The van der Waals surface area contributed by atoms with Crippen molar-refractivity contribution in [1.82, 2.24) is 20.0 Å². The molecule has 0 bridgehead atoms. The van der Waals surface area contributed by atoms with Crippen LogP contribution in [0.15, 0.2) is 35.3 Å². The average Bonchev–Trinajstić information content (AvgIpc) is 2.90. The van der Waals surface area contributed by atoms with Gasteiger partial charge in [0.05, 0.1) is 12.2 Å². The first-order valence-electron chi connectivity index (χ1n) is 9.61. The Labute approximate surface area is 157 Å². The van der Waals surface area contributed by atoms with Gasteiger partial charge in [0.2, 0.25) is 0 Å². The van der Waals surface area contributed by atoms with E-state index in [4.69, 9.17) is 5.10 Å². The summed E-state index contributed by atoms with van der Waals surface area (Å²) in [6, 6.07) is 10.5. The zero-order chi connectivity index (χ0) is 18.5. The fraction of sp³-hybridized carbons (Fsp3) is 0.524. The van der Waals surface area contributed by atoms with Crippen LogP contribution in [0.4, 0.5) is 0 Å². The van der Waals surface area contributed by atoms with Crippen LogP contribution in [-0.2, 0) is 13.1 Å². The van der Waals surface area contributed by atoms with Crippen LogP contribution in [0, 0.1) is 19.8 Å². The van der Waals surface area contributed by atoms with Crippen molar-refractivity contribution >= 4 is 5.96 Å². The number of guanidine groups is 1. The van der Waals surface area contributed by atoms with Crippen LogP contribution in [0.3, 0.4) is 0 Å². The molecular weight excluding hydrogens is 322 g/mol. The Hall–Kier alpha value is -2.30. The van der Waals surface area contributed by atoms with E-state index in [1.54, 1.807) is 0 Å². The molecule has 1 aliphatic rings. The summed E-state index contributed by atoms with van der Waals surface area (Å²) in [5.41, 5.74) is 4.86. The van der Waals surface area contributed by atoms with Crippen LogP contribution in [0.1, 0.15) is 42.3 Å². The van der Waals surface area contributed by atoms with Gasteiger partial charge >= 0.3 is 0 Å². The molecular formula is C21H31N5. The molecule has 3 rings (SSSR count). The lowest BCUT2D eigenvalue weighted by Crippen LogP contribution is -2.46. The van der Waals surface area contributed by atoms with Crippen LogP contribution in [0.25, 0.3) is 0 Å². The Morgan fingerprint density at radius 2 is 2.04 bits per heavy atom. The minimum Gasteiger partial charge on any atom is -0.352 e. The van der Waals surface area contributed by atoms with E-state index in [1.165, 1.54) is 29.7 Å². The maximum atomic E-state index is 4.76. The highest BCUT2D eigenvalue weighted by molar-refractivity contribution is 5.80. The summed E-state index contributed by atoms with van der Waals surface area (Å²) in [5.74, 6) is 1.74. The third kappa shape index (κ3) is 4.26. The van der Waals surface area contributed by atoms with Gasteiger partial charge in [-0.05, 0) is 38.2 Å². The number of nitrogens with zero attached hydrogens (tertiary/aromatic N) is 4. The molecule has 1 saturated heterocycles. The molecule has 2 heterocycles. The monoisotopic (exact) mass is 353 g/mol. The van der Waals surface area contributed by atoms with Gasteiger partial charge in [-0.15, -0.1) is 0 Å². The van der Waals surface area contributed by atoms with Crippen molar-refractivity contribution in [3.63, 3.8) is 0 Å². The summed E-state index contributed by atoms with van der Waals surface area (Å²) in [4.78, 5) is 6.88. The van der Waals surface area contributed by atoms with Gasteiger partial charge in [-0.1, -0.05) is 37.3 Å². The van der Waals surface area contributed by atoms with Gasteiger partial charge in [0.1, 0.15) is 0 Å². The first-order chi connectivity index (χ1) is 12.6. The molecule has 1 atom stereocenters. The lowest BCUT2D eigenvalue weighted by Gasteiger charge is -2.33. The Morgan fingerprint density at radius 1 is 1.27 bits per heavy atom. The molecule has 0 saturated carbocycles. The van der Waals surface area contributed by atoms with Gasteiger partial charge in [-0.25, -0.2) is 0 Å². The van der Waals surface area contributed by atoms with E-state index in [1.807, 2.05) is 13.1 Å². The molecule has 1 aliphatic heterocycles. The average molecular weight is 354 g/mol. The first-order valence-corrected chi connectivity index (χ1v) is 9.61. The molecule has 1 aromatic heterocycles. The molecule has 5 nitrogen and oxygen atoms in total. The minimum absolute atomic E-state index is 0.736. The van der Waals surface area contributed by atoms with Gasteiger partial charge in [0.15, 0.2) is 5.96 Å². The van der Waals surface area contributed by atoms with E-state index in [0.717, 1.165) is 43.8 Å². The van der Waals surface area contributed by atoms with Gasteiger partial charge < -0.3 is 10.2 Å². The number of benzene rings is 1. The maximum absolute atomic E-state index is 4.76. The number of hydrogen-bond donors (Lipinski definition) is 1. The van der Waals surface area contributed by atoms with Gasteiger partial charge in [-0.2, -0.15) is 5.10 Å². The van der Waals surface area contributed by atoms with Gasteiger partial charge in [-0.3, -0.25) is 9.67 Å². The van der Waals surface area contributed by atoms with Crippen LogP contribution >= 0.6 is 0 Å². The van der Waals surface area contributed by atoms with E-state index in [9.17, 15) is 0 Å². The standard InChI is InChI=1S/C21H31N5/c1-16-9-8-12-25(14-16)21(22-4)23-13-20-17(2)24-26(18(20)3)15-19-10-6-5-7-11-19/h5-7,10-11,16H,8-9,12-15H2,1-4H3,(H,22,23).